The lowest BCUT2D eigenvalue weighted by Gasteiger charge is -2.20. The second-order valence-corrected chi connectivity index (χ2v) is 9.60. The van der Waals surface area contributed by atoms with Crippen LogP contribution in [0.15, 0.2) is 107 Å². The third-order valence-electron chi connectivity index (χ3n) is 6.86. The van der Waals surface area contributed by atoms with E-state index in [0.29, 0.717) is 16.9 Å². The highest BCUT2D eigenvalue weighted by atomic mass is 16.2. The van der Waals surface area contributed by atoms with Crippen LogP contribution < -0.4 is 10.5 Å². The number of carbonyl (C=O) groups excluding carboxylic acids is 1. The summed E-state index contributed by atoms with van der Waals surface area (Å²) in [6, 6.07) is 27.1. The van der Waals surface area contributed by atoms with Gasteiger partial charge in [-0.2, -0.15) is 0 Å². The van der Waals surface area contributed by atoms with Crippen LogP contribution in [0.2, 0.25) is 0 Å². The van der Waals surface area contributed by atoms with Crippen LogP contribution in [0.5, 0.6) is 0 Å². The molecular formula is C33H29N3O2. The third kappa shape index (κ3) is 4.78. The maximum Gasteiger partial charge on any atom is 0.255 e. The molecule has 0 saturated heterocycles. The number of hydrogen-bond donors (Lipinski definition) is 0. The van der Waals surface area contributed by atoms with Gasteiger partial charge in [0, 0.05) is 41.3 Å². The Kier molecular flexibility index (Phi) is 6.75. The fourth-order valence-electron chi connectivity index (χ4n) is 4.47. The fourth-order valence-corrected chi connectivity index (χ4v) is 4.47. The second kappa shape index (κ2) is 10.3. The van der Waals surface area contributed by atoms with Gasteiger partial charge >= 0.3 is 0 Å². The summed E-state index contributed by atoms with van der Waals surface area (Å²) in [5, 5.41) is 1.74. The number of rotatable bonds is 5. The lowest BCUT2D eigenvalue weighted by molar-refractivity contribution is -0.114. The number of benzene rings is 3. The maximum atomic E-state index is 13.3. The molecule has 0 fully saturated rings. The average molecular weight is 500 g/mol. The summed E-state index contributed by atoms with van der Waals surface area (Å²) in [6.45, 7) is 5.68. The van der Waals surface area contributed by atoms with E-state index in [1.54, 1.807) is 28.8 Å². The second-order valence-electron chi connectivity index (χ2n) is 9.60. The molecule has 5 nitrogen and oxygen atoms in total. The van der Waals surface area contributed by atoms with Crippen molar-refractivity contribution in [2.75, 3.05) is 11.9 Å². The molecular weight excluding hydrogens is 470 g/mol. The summed E-state index contributed by atoms with van der Waals surface area (Å²) in [5.41, 5.74) is 6.62. The normalized spacial score (nSPS) is 11.3. The van der Waals surface area contributed by atoms with E-state index in [4.69, 9.17) is 0 Å². The van der Waals surface area contributed by atoms with Gasteiger partial charge < -0.3 is 4.90 Å². The third-order valence-corrected chi connectivity index (χ3v) is 6.86. The zero-order chi connectivity index (χ0) is 26.8. The Morgan fingerprint density at radius 2 is 1.61 bits per heavy atom. The molecule has 2 aromatic heterocycles. The van der Waals surface area contributed by atoms with Crippen LogP contribution in [0.4, 0.5) is 5.69 Å². The van der Waals surface area contributed by atoms with Crippen molar-refractivity contribution in [3.05, 3.63) is 124 Å². The summed E-state index contributed by atoms with van der Waals surface area (Å²) in [5.74, 6) is -0.0723. The van der Waals surface area contributed by atoms with Gasteiger partial charge in [0.2, 0.25) is 0 Å². The summed E-state index contributed by atoms with van der Waals surface area (Å²) >= 11 is 0. The summed E-state index contributed by atoms with van der Waals surface area (Å²) in [4.78, 5) is 32.6. The quantitative estimate of drug-likeness (QED) is 0.148. The van der Waals surface area contributed by atoms with E-state index in [9.17, 15) is 9.59 Å². The van der Waals surface area contributed by atoms with Crippen LogP contribution in [-0.4, -0.2) is 22.5 Å². The number of anilines is 1. The molecule has 5 aromatic rings. The number of amides is 1. The molecule has 0 aliphatic heterocycles. The first kappa shape index (κ1) is 24.9. The molecule has 188 valence electrons. The van der Waals surface area contributed by atoms with Gasteiger partial charge in [-0.05, 0) is 68.3 Å². The SMILES string of the molecule is CC(C)=C(C)C(=O)N(C)c1cccc(-n2c(=O)ccc3cnc4ccc(/C=C/c5ccccc5)cc4c32)c1. The molecule has 5 rings (SSSR count). The van der Waals surface area contributed by atoms with Gasteiger partial charge in [0.25, 0.3) is 11.5 Å². The first-order valence-corrected chi connectivity index (χ1v) is 12.5. The predicted octanol–water partition coefficient (Wildman–Crippen LogP) is 7.03. The molecule has 1 amide bonds. The number of carbonyl (C=O) groups is 1. The van der Waals surface area contributed by atoms with Crippen LogP contribution in [-0.2, 0) is 4.79 Å². The van der Waals surface area contributed by atoms with Crippen LogP contribution in [0, 0.1) is 0 Å². The van der Waals surface area contributed by atoms with Crippen molar-refractivity contribution in [1.82, 2.24) is 9.55 Å². The number of hydrogen-bond acceptors (Lipinski definition) is 3. The Bertz CT molecular complexity index is 1790. The minimum Gasteiger partial charge on any atom is -0.312 e. The topological polar surface area (TPSA) is 55.2 Å². The highest BCUT2D eigenvalue weighted by Gasteiger charge is 2.16. The van der Waals surface area contributed by atoms with Gasteiger partial charge in [-0.25, -0.2) is 0 Å². The number of pyridine rings is 2. The zero-order valence-electron chi connectivity index (χ0n) is 22.0. The molecule has 0 atom stereocenters. The highest BCUT2D eigenvalue weighted by molar-refractivity contribution is 6.06. The largest absolute Gasteiger partial charge is 0.312 e. The monoisotopic (exact) mass is 499 g/mol. The van der Waals surface area contributed by atoms with Gasteiger partial charge in [0.1, 0.15) is 0 Å². The van der Waals surface area contributed by atoms with Crippen LogP contribution in [0.3, 0.4) is 0 Å². The summed E-state index contributed by atoms with van der Waals surface area (Å²) in [6.07, 6.45) is 5.92. The lowest BCUT2D eigenvalue weighted by Crippen LogP contribution is -2.27. The molecule has 0 unspecified atom stereocenters. The molecule has 0 aliphatic carbocycles. The predicted molar refractivity (Wildman–Crippen MR) is 158 cm³/mol. The van der Waals surface area contributed by atoms with Crippen molar-refractivity contribution in [2.45, 2.75) is 20.8 Å². The van der Waals surface area contributed by atoms with Crippen LogP contribution in [0.25, 0.3) is 39.6 Å². The summed E-state index contributed by atoms with van der Waals surface area (Å²) in [7, 11) is 1.75. The van der Waals surface area contributed by atoms with Gasteiger partial charge in [0.05, 0.1) is 16.7 Å². The van der Waals surface area contributed by atoms with Gasteiger partial charge in [-0.3, -0.25) is 19.1 Å². The first-order chi connectivity index (χ1) is 18.3. The van der Waals surface area contributed by atoms with Crippen molar-refractivity contribution in [2.24, 2.45) is 0 Å². The zero-order valence-corrected chi connectivity index (χ0v) is 22.0. The van der Waals surface area contributed by atoms with E-state index >= 15 is 0 Å². The molecule has 0 bridgehead atoms. The van der Waals surface area contributed by atoms with E-state index < -0.39 is 0 Å². The standard InChI is InChI=1S/C33H29N3O2/c1-22(2)23(3)33(38)35(4)27-11-8-12-28(20-27)36-31(37)18-16-26-21-34-30-17-15-25(19-29(30)32(26)36)14-13-24-9-6-5-7-10-24/h5-21H,1-4H3/b14-13+. The lowest BCUT2D eigenvalue weighted by atomic mass is 10.1. The van der Waals surface area contributed by atoms with E-state index in [-0.39, 0.29) is 11.5 Å². The van der Waals surface area contributed by atoms with E-state index in [0.717, 1.165) is 38.5 Å². The Morgan fingerprint density at radius 3 is 2.37 bits per heavy atom. The smallest absolute Gasteiger partial charge is 0.255 e. The van der Waals surface area contributed by atoms with Gasteiger partial charge in [-0.15, -0.1) is 0 Å². The fraction of sp³-hybridized carbons (Fsp3) is 0.121. The van der Waals surface area contributed by atoms with Crippen LogP contribution >= 0.6 is 0 Å². The molecule has 0 spiro atoms. The number of allylic oxidation sites excluding steroid dienone is 1. The average Bonchev–Trinajstić information content (AvgIpc) is 2.95. The number of nitrogens with zero attached hydrogens (tertiary/aromatic N) is 3. The Labute approximate surface area is 222 Å². The highest BCUT2D eigenvalue weighted by Crippen LogP contribution is 2.28. The van der Waals surface area contributed by atoms with Crippen molar-refractivity contribution in [3.63, 3.8) is 0 Å². The molecule has 0 saturated carbocycles. The van der Waals surface area contributed by atoms with Crippen LogP contribution in [0.1, 0.15) is 31.9 Å². The first-order valence-electron chi connectivity index (χ1n) is 12.5. The minimum absolute atomic E-state index is 0.0723. The van der Waals surface area contributed by atoms with Crippen molar-refractivity contribution < 1.29 is 4.79 Å². The molecule has 0 N–H and O–H groups in total. The van der Waals surface area contributed by atoms with Gasteiger partial charge in [-0.1, -0.05) is 60.2 Å². The van der Waals surface area contributed by atoms with E-state index in [1.165, 1.54) is 0 Å². The summed E-state index contributed by atoms with van der Waals surface area (Å²) < 4.78 is 1.71. The Hall–Kier alpha value is -4.77. The molecule has 0 aliphatic rings. The molecule has 0 radical (unpaired) electrons. The van der Waals surface area contributed by atoms with E-state index in [2.05, 4.69) is 35.3 Å². The molecule has 38 heavy (non-hydrogen) atoms. The number of fused-ring (bicyclic) bond motifs is 3. The molecule has 3 aromatic carbocycles. The van der Waals surface area contributed by atoms with Crippen molar-refractivity contribution in [1.29, 1.82) is 0 Å². The molecule has 5 heteroatoms. The number of likely N-dealkylation sites (N-methyl/N-ethyl adjacent to an activating group) is 1. The maximum absolute atomic E-state index is 13.3. The van der Waals surface area contributed by atoms with E-state index in [1.807, 2.05) is 81.4 Å². The minimum atomic E-state index is -0.151. The van der Waals surface area contributed by atoms with Crippen molar-refractivity contribution >= 4 is 45.6 Å². The Balaban J connectivity index is 1.67. The van der Waals surface area contributed by atoms with Crippen molar-refractivity contribution in [3.8, 4) is 5.69 Å². The van der Waals surface area contributed by atoms with Gasteiger partial charge in [0.15, 0.2) is 0 Å². The Morgan fingerprint density at radius 1 is 0.842 bits per heavy atom. The number of aromatic nitrogens is 2. The molecule has 2 heterocycles.